The van der Waals surface area contributed by atoms with E-state index in [2.05, 4.69) is 51.0 Å². The lowest BCUT2D eigenvalue weighted by Gasteiger charge is -2.27. The molecular formula is C21H21N5O. The number of carbonyl (C=O) groups excluding carboxylic acids is 1. The van der Waals surface area contributed by atoms with Crippen LogP contribution in [0.3, 0.4) is 0 Å². The number of nitrogens with one attached hydrogen (secondary N) is 2. The van der Waals surface area contributed by atoms with Gasteiger partial charge in [0.15, 0.2) is 0 Å². The summed E-state index contributed by atoms with van der Waals surface area (Å²) in [5, 5.41) is 10.9. The maximum absolute atomic E-state index is 12.4. The third-order valence-electron chi connectivity index (χ3n) is 5.52. The number of aryl methyl sites for hydroxylation is 3. The lowest BCUT2D eigenvalue weighted by Crippen LogP contribution is -2.26. The van der Waals surface area contributed by atoms with Crippen LogP contribution in [0.4, 0.5) is 17.1 Å². The summed E-state index contributed by atoms with van der Waals surface area (Å²) in [6.45, 7) is 2.78. The molecule has 2 aliphatic heterocycles. The lowest BCUT2D eigenvalue weighted by molar-refractivity contribution is -0.116. The van der Waals surface area contributed by atoms with Gasteiger partial charge in [0, 0.05) is 30.0 Å². The molecule has 1 aromatic heterocycles. The summed E-state index contributed by atoms with van der Waals surface area (Å²) < 4.78 is 1.88. The fourth-order valence-electron chi connectivity index (χ4n) is 4.17. The number of benzene rings is 2. The average Bonchev–Trinajstić information content (AvgIpc) is 3.07. The molecule has 0 unspecified atom stereocenters. The molecule has 0 saturated heterocycles. The first kappa shape index (κ1) is 16.1. The summed E-state index contributed by atoms with van der Waals surface area (Å²) in [4.78, 5) is 16.8. The average molecular weight is 359 g/mol. The third kappa shape index (κ3) is 2.68. The van der Waals surface area contributed by atoms with E-state index in [9.17, 15) is 4.79 Å². The van der Waals surface area contributed by atoms with Gasteiger partial charge in [0.05, 0.1) is 5.92 Å². The Balaban J connectivity index is 1.61. The van der Waals surface area contributed by atoms with E-state index in [-0.39, 0.29) is 11.8 Å². The van der Waals surface area contributed by atoms with E-state index in [0.717, 1.165) is 47.8 Å². The third-order valence-corrected chi connectivity index (χ3v) is 5.52. The Bertz CT molecular complexity index is 1040. The predicted molar refractivity (Wildman–Crippen MR) is 104 cm³/mol. The molecule has 27 heavy (non-hydrogen) atoms. The standard InChI is InChI=1S/C21H21N5O/c1-2-26-21(22-12-23-26)16-10-20(27)25-19-11-18-14(9-15(16)19)8-7-13-5-3-4-6-17(13)24-18/h3-6,9,11-12,16,24H,2,7-8,10H2,1H3,(H,25,27)/t16-/m1/s1. The van der Waals surface area contributed by atoms with E-state index in [1.807, 2.05) is 17.7 Å². The number of rotatable bonds is 2. The minimum Gasteiger partial charge on any atom is -0.355 e. The molecule has 6 nitrogen and oxygen atoms in total. The number of hydrogen-bond donors (Lipinski definition) is 2. The molecule has 0 spiro atoms. The predicted octanol–water partition coefficient (Wildman–Crippen LogP) is 3.61. The highest BCUT2D eigenvalue weighted by Gasteiger charge is 2.31. The quantitative estimate of drug-likeness (QED) is 0.733. The lowest BCUT2D eigenvalue weighted by atomic mass is 9.87. The van der Waals surface area contributed by atoms with E-state index in [0.29, 0.717) is 6.42 Å². The van der Waals surface area contributed by atoms with Crippen LogP contribution < -0.4 is 10.6 Å². The van der Waals surface area contributed by atoms with Crippen molar-refractivity contribution < 1.29 is 4.79 Å². The normalized spacial score (nSPS) is 17.8. The second-order valence-corrected chi connectivity index (χ2v) is 7.12. The van der Waals surface area contributed by atoms with E-state index in [1.165, 1.54) is 11.1 Å². The summed E-state index contributed by atoms with van der Waals surface area (Å²) in [6, 6.07) is 12.7. The van der Waals surface area contributed by atoms with Crippen LogP contribution in [0.5, 0.6) is 0 Å². The number of amides is 1. The SMILES string of the molecule is CCn1ncnc1[C@@H]1CC(=O)Nc2cc3c(cc21)CCc1ccccc1N3. The Kier molecular flexibility index (Phi) is 3.70. The van der Waals surface area contributed by atoms with Gasteiger partial charge in [-0.1, -0.05) is 24.3 Å². The number of carbonyl (C=O) groups is 1. The Morgan fingerprint density at radius 2 is 1.93 bits per heavy atom. The first-order valence-electron chi connectivity index (χ1n) is 9.42. The summed E-state index contributed by atoms with van der Waals surface area (Å²) in [5.74, 6) is 0.817. The highest BCUT2D eigenvalue weighted by Crippen LogP contribution is 2.41. The van der Waals surface area contributed by atoms with Crippen molar-refractivity contribution in [3.05, 3.63) is 65.2 Å². The molecule has 3 heterocycles. The van der Waals surface area contributed by atoms with Crippen molar-refractivity contribution in [2.24, 2.45) is 0 Å². The molecule has 0 fully saturated rings. The zero-order valence-electron chi connectivity index (χ0n) is 15.2. The maximum atomic E-state index is 12.4. The molecule has 0 aliphatic carbocycles. The van der Waals surface area contributed by atoms with Gasteiger partial charge in [0.1, 0.15) is 12.2 Å². The fourth-order valence-corrected chi connectivity index (χ4v) is 4.17. The summed E-state index contributed by atoms with van der Waals surface area (Å²) in [5.41, 5.74) is 6.79. The smallest absolute Gasteiger partial charge is 0.225 e. The highest BCUT2D eigenvalue weighted by molar-refractivity contribution is 5.96. The first-order chi connectivity index (χ1) is 13.2. The molecule has 0 saturated carbocycles. The second kappa shape index (κ2) is 6.23. The van der Waals surface area contributed by atoms with Crippen molar-refractivity contribution in [1.29, 1.82) is 0 Å². The molecular weight excluding hydrogens is 338 g/mol. The van der Waals surface area contributed by atoms with Gasteiger partial charge in [0.25, 0.3) is 0 Å². The molecule has 1 amide bonds. The van der Waals surface area contributed by atoms with Crippen LogP contribution in [0.2, 0.25) is 0 Å². The van der Waals surface area contributed by atoms with Gasteiger partial charge in [-0.3, -0.25) is 4.79 Å². The van der Waals surface area contributed by atoms with E-state index >= 15 is 0 Å². The topological polar surface area (TPSA) is 71.8 Å². The van der Waals surface area contributed by atoms with Crippen LogP contribution >= 0.6 is 0 Å². The van der Waals surface area contributed by atoms with Crippen LogP contribution in [-0.4, -0.2) is 20.7 Å². The van der Waals surface area contributed by atoms with Gasteiger partial charge in [-0.25, -0.2) is 9.67 Å². The van der Waals surface area contributed by atoms with Gasteiger partial charge >= 0.3 is 0 Å². The maximum Gasteiger partial charge on any atom is 0.225 e. The number of hydrogen-bond acceptors (Lipinski definition) is 4. The summed E-state index contributed by atoms with van der Waals surface area (Å²) >= 11 is 0. The Hall–Kier alpha value is -3.15. The number of anilines is 3. The number of nitrogens with zero attached hydrogens (tertiary/aromatic N) is 3. The minimum absolute atomic E-state index is 0.0205. The molecule has 3 aromatic rings. The van der Waals surface area contributed by atoms with Crippen molar-refractivity contribution in [2.75, 3.05) is 10.6 Å². The Morgan fingerprint density at radius 1 is 1.07 bits per heavy atom. The van der Waals surface area contributed by atoms with Crippen LogP contribution in [-0.2, 0) is 24.2 Å². The molecule has 5 rings (SSSR count). The molecule has 6 heteroatoms. The van der Waals surface area contributed by atoms with E-state index in [4.69, 9.17) is 0 Å². The van der Waals surface area contributed by atoms with Gasteiger partial charge < -0.3 is 10.6 Å². The fraction of sp³-hybridized carbons (Fsp3) is 0.286. The Morgan fingerprint density at radius 3 is 2.81 bits per heavy atom. The zero-order valence-corrected chi connectivity index (χ0v) is 15.2. The highest BCUT2D eigenvalue weighted by atomic mass is 16.1. The van der Waals surface area contributed by atoms with Crippen LogP contribution in [0, 0.1) is 0 Å². The van der Waals surface area contributed by atoms with Gasteiger partial charge in [0.2, 0.25) is 5.91 Å². The number of para-hydroxylation sites is 1. The largest absolute Gasteiger partial charge is 0.355 e. The summed E-state index contributed by atoms with van der Waals surface area (Å²) in [6.07, 6.45) is 3.94. The Labute approximate surface area is 157 Å². The molecule has 1 atom stereocenters. The minimum atomic E-state index is -0.0628. The first-order valence-corrected chi connectivity index (χ1v) is 9.42. The number of fused-ring (bicyclic) bond motifs is 3. The van der Waals surface area contributed by atoms with Crippen molar-refractivity contribution in [1.82, 2.24) is 14.8 Å². The zero-order chi connectivity index (χ0) is 18.4. The van der Waals surface area contributed by atoms with Crippen LogP contribution in [0.1, 0.15) is 41.8 Å². The van der Waals surface area contributed by atoms with Crippen molar-refractivity contribution >= 4 is 23.0 Å². The van der Waals surface area contributed by atoms with Gasteiger partial charge in [-0.05, 0) is 48.6 Å². The molecule has 0 bridgehead atoms. The second-order valence-electron chi connectivity index (χ2n) is 7.12. The molecule has 2 aromatic carbocycles. The number of aromatic nitrogens is 3. The van der Waals surface area contributed by atoms with E-state index in [1.54, 1.807) is 6.33 Å². The molecule has 2 aliphatic rings. The van der Waals surface area contributed by atoms with Crippen LogP contribution in [0.15, 0.2) is 42.7 Å². The van der Waals surface area contributed by atoms with Crippen molar-refractivity contribution in [3.8, 4) is 0 Å². The molecule has 136 valence electrons. The van der Waals surface area contributed by atoms with Crippen LogP contribution in [0.25, 0.3) is 0 Å². The van der Waals surface area contributed by atoms with E-state index < -0.39 is 0 Å². The van der Waals surface area contributed by atoms with Gasteiger partial charge in [-0.15, -0.1) is 0 Å². The summed E-state index contributed by atoms with van der Waals surface area (Å²) in [7, 11) is 0. The van der Waals surface area contributed by atoms with Gasteiger partial charge in [-0.2, -0.15) is 5.10 Å². The molecule has 2 N–H and O–H groups in total. The van der Waals surface area contributed by atoms with Crippen molar-refractivity contribution in [3.63, 3.8) is 0 Å². The molecule has 0 radical (unpaired) electrons. The monoisotopic (exact) mass is 359 g/mol. The van der Waals surface area contributed by atoms with Crippen molar-refractivity contribution in [2.45, 2.75) is 38.6 Å².